The fourth-order valence-electron chi connectivity index (χ4n) is 2.04. The normalized spacial score (nSPS) is 11.0. The average molecular weight is 309 g/mol. The van der Waals surface area contributed by atoms with Gasteiger partial charge in [0.2, 0.25) is 0 Å². The largest absolute Gasteiger partial charge is 0.467 e. The van der Waals surface area contributed by atoms with E-state index in [1.165, 1.54) is 4.68 Å². The first-order chi connectivity index (χ1) is 11.2. The molecule has 23 heavy (non-hydrogen) atoms. The molecular weight excluding hydrogens is 294 g/mol. The van der Waals surface area contributed by atoms with E-state index in [9.17, 15) is 4.79 Å². The number of hydrogen-bond acceptors (Lipinski definition) is 5. The molecule has 1 amide bonds. The highest BCUT2D eigenvalue weighted by Crippen LogP contribution is 2.18. The number of furan rings is 1. The van der Waals surface area contributed by atoms with Crippen LogP contribution in [0.5, 0.6) is 0 Å². The highest BCUT2D eigenvalue weighted by atomic mass is 16.3. The van der Waals surface area contributed by atoms with Crippen molar-refractivity contribution < 1.29 is 9.21 Å². The Balaban J connectivity index is 1.75. The molecule has 7 heteroatoms. The van der Waals surface area contributed by atoms with Crippen molar-refractivity contribution in [2.45, 2.75) is 6.54 Å². The van der Waals surface area contributed by atoms with Crippen molar-refractivity contribution in [2.75, 3.05) is 0 Å². The van der Waals surface area contributed by atoms with Gasteiger partial charge in [-0.05, 0) is 18.2 Å². The summed E-state index contributed by atoms with van der Waals surface area (Å²) in [5, 5.41) is 6.89. The molecule has 3 aromatic heterocycles. The third-order valence-corrected chi connectivity index (χ3v) is 3.17. The molecule has 0 radical (unpaired) electrons. The van der Waals surface area contributed by atoms with Gasteiger partial charge in [-0.15, -0.1) is 0 Å². The van der Waals surface area contributed by atoms with Crippen LogP contribution in [0.25, 0.3) is 0 Å². The molecule has 3 rings (SSSR count). The highest BCUT2D eigenvalue weighted by molar-refractivity contribution is 5.98. The third-order valence-electron chi connectivity index (χ3n) is 3.17. The Kier molecular flexibility index (Phi) is 4.28. The topological polar surface area (TPSA) is 85.3 Å². The number of nitrogens with zero attached hydrogens (tertiary/aromatic N) is 4. The van der Waals surface area contributed by atoms with Gasteiger partial charge in [-0.3, -0.25) is 19.5 Å². The number of carbonyl (C=O) groups excluding carboxylic acids is 1. The first-order valence-electron chi connectivity index (χ1n) is 7.00. The lowest BCUT2D eigenvalue weighted by molar-refractivity contribution is 0.0939. The van der Waals surface area contributed by atoms with E-state index in [0.717, 1.165) is 5.56 Å². The molecule has 1 N–H and O–H groups in total. The summed E-state index contributed by atoms with van der Waals surface area (Å²) in [5.41, 5.74) is 1.73. The molecule has 0 fully saturated rings. The highest BCUT2D eigenvalue weighted by Gasteiger charge is 2.16. The molecular formula is C16H15N5O2. The molecule has 0 saturated heterocycles. The summed E-state index contributed by atoms with van der Waals surface area (Å²) >= 11 is 0. The predicted molar refractivity (Wildman–Crippen MR) is 84.6 cm³/mol. The molecule has 0 aromatic carbocycles. The first kappa shape index (κ1) is 14.7. The van der Waals surface area contributed by atoms with E-state index in [1.54, 1.807) is 50.2 Å². The van der Waals surface area contributed by atoms with Gasteiger partial charge >= 0.3 is 0 Å². The molecule has 3 heterocycles. The van der Waals surface area contributed by atoms with Crippen molar-refractivity contribution in [1.29, 1.82) is 0 Å². The summed E-state index contributed by atoms with van der Waals surface area (Å²) < 4.78 is 6.69. The van der Waals surface area contributed by atoms with E-state index in [0.29, 0.717) is 23.7 Å². The second-order valence-corrected chi connectivity index (χ2v) is 4.81. The maximum Gasteiger partial charge on any atom is 0.272 e. The Hall–Kier alpha value is -3.22. The molecule has 0 aliphatic carbocycles. The summed E-state index contributed by atoms with van der Waals surface area (Å²) in [4.78, 5) is 20.7. The van der Waals surface area contributed by atoms with Gasteiger partial charge < -0.3 is 9.73 Å². The standard InChI is InChI=1S/C16H15N5O2/c1-21-15(16(22)19-10-13-5-3-7-23-13)14(11-20-21)18-9-12-4-2-6-17-8-12/h2-9,11H,10H2,1H3,(H,19,22). The molecule has 0 atom stereocenters. The number of carbonyl (C=O) groups is 1. The number of amides is 1. The number of rotatable bonds is 5. The number of aliphatic imine (C=N–C) groups is 1. The second-order valence-electron chi connectivity index (χ2n) is 4.81. The van der Waals surface area contributed by atoms with Crippen LogP contribution in [-0.2, 0) is 13.6 Å². The zero-order valence-corrected chi connectivity index (χ0v) is 12.5. The van der Waals surface area contributed by atoms with E-state index in [2.05, 4.69) is 20.4 Å². The van der Waals surface area contributed by atoms with Crippen molar-refractivity contribution in [3.63, 3.8) is 0 Å². The lowest BCUT2D eigenvalue weighted by atomic mass is 10.3. The summed E-state index contributed by atoms with van der Waals surface area (Å²) in [6.45, 7) is 0.308. The monoisotopic (exact) mass is 309 g/mol. The molecule has 0 saturated carbocycles. The van der Waals surface area contributed by atoms with E-state index in [4.69, 9.17) is 4.42 Å². The van der Waals surface area contributed by atoms with Gasteiger partial charge in [0.15, 0.2) is 5.69 Å². The van der Waals surface area contributed by atoms with Gasteiger partial charge in [-0.1, -0.05) is 6.07 Å². The first-order valence-corrected chi connectivity index (χ1v) is 7.00. The van der Waals surface area contributed by atoms with Gasteiger partial charge in [-0.2, -0.15) is 5.10 Å². The van der Waals surface area contributed by atoms with Crippen molar-refractivity contribution in [3.05, 3.63) is 66.1 Å². The van der Waals surface area contributed by atoms with Gasteiger partial charge in [0.25, 0.3) is 5.91 Å². The number of aromatic nitrogens is 3. The van der Waals surface area contributed by atoms with Crippen LogP contribution in [-0.4, -0.2) is 26.9 Å². The Bertz CT molecular complexity index is 806. The Morgan fingerprint density at radius 2 is 2.30 bits per heavy atom. The van der Waals surface area contributed by atoms with Crippen LogP contribution in [0.1, 0.15) is 21.8 Å². The van der Waals surface area contributed by atoms with Crippen LogP contribution in [0.15, 0.2) is 58.5 Å². The van der Waals surface area contributed by atoms with Crippen molar-refractivity contribution >= 4 is 17.8 Å². The summed E-state index contributed by atoms with van der Waals surface area (Å²) in [6.07, 6.45) is 8.14. The van der Waals surface area contributed by atoms with E-state index >= 15 is 0 Å². The van der Waals surface area contributed by atoms with Crippen LogP contribution in [0.4, 0.5) is 5.69 Å². The fraction of sp³-hybridized carbons (Fsp3) is 0.125. The van der Waals surface area contributed by atoms with Gasteiger partial charge in [0.05, 0.1) is 19.0 Å². The molecule has 0 unspecified atom stereocenters. The number of pyridine rings is 1. The van der Waals surface area contributed by atoms with Gasteiger partial charge in [0.1, 0.15) is 11.4 Å². The molecule has 116 valence electrons. The van der Waals surface area contributed by atoms with Crippen LogP contribution < -0.4 is 5.32 Å². The lowest BCUT2D eigenvalue weighted by Crippen LogP contribution is -2.25. The smallest absolute Gasteiger partial charge is 0.272 e. The average Bonchev–Trinajstić information content (AvgIpc) is 3.21. The van der Waals surface area contributed by atoms with Crippen LogP contribution in [0.3, 0.4) is 0 Å². The zero-order valence-electron chi connectivity index (χ0n) is 12.5. The summed E-state index contributed by atoms with van der Waals surface area (Å²) in [5.74, 6) is 0.417. The molecule has 0 aliphatic heterocycles. The number of hydrogen-bond donors (Lipinski definition) is 1. The summed E-state index contributed by atoms with van der Waals surface area (Å²) in [7, 11) is 1.70. The maximum absolute atomic E-state index is 12.4. The lowest BCUT2D eigenvalue weighted by Gasteiger charge is -2.04. The van der Waals surface area contributed by atoms with Crippen LogP contribution in [0, 0.1) is 0 Å². The Morgan fingerprint density at radius 1 is 1.39 bits per heavy atom. The second kappa shape index (κ2) is 6.69. The Labute approximate surface area is 132 Å². The minimum Gasteiger partial charge on any atom is -0.467 e. The minimum atomic E-state index is -0.264. The fourth-order valence-corrected chi connectivity index (χ4v) is 2.04. The minimum absolute atomic E-state index is 0.264. The van der Waals surface area contributed by atoms with E-state index in [-0.39, 0.29) is 5.91 Å². The molecule has 0 spiro atoms. The van der Waals surface area contributed by atoms with Gasteiger partial charge in [0, 0.05) is 31.2 Å². The third kappa shape index (κ3) is 3.52. The predicted octanol–water partition coefficient (Wildman–Crippen LogP) is 2.09. The van der Waals surface area contributed by atoms with E-state index in [1.807, 2.05) is 12.1 Å². The molecule has 0 aliphatic rings. The van der Waals surface area contributed by atoms with Crippen molar-refractivity contribution in [2.24, 2.45) is 12.0 Å². The summed E-state index contributed by atoms with van der Waals surface area (Å²) in [6, 6.07) is 7.27. The quantitative estimate of drug-likeness (QED) is 0.731. The molecule has 3 aromatic rings. The SMILES string of the molecule is Cn1ncc(N=Cc2cccnc2)c1C(=O)NCc1ccco1. The zero-order chi connectivity index (χ0) is 16.1. The van der Waals surface area contributed by atoms with Crippen molar-refractivity contribution in [3.8, 4) is 0 Å². The van der Waals surface area contributed by atoms with E-state index < -0.39 is 0 Å². The number of nitrogens with one attached hydrogen (secondary N) is 1. The number of aryl methyl sites for hydroxylation is 1. The maximum atomic E-state index is 12.4. The van der Waals surface area contributed by atoms with Crippen molar-refractivity contribution in [1.82, 2.24) is 20.1 Å². The molecule has 7 nitrogen and oxygen atoms in total. The Morgan fingerprint density at radius 3 is 3.04 bits per heavy atom. The van der Waals surface area contributed by atoms with Gasteiger partial charge in [-0.25, -0.2) is 0 Å². The molecule has 0 bridgehead atoms. The van der Waals surface area contributed by atoms with Crippen LogP contribution >= 0.6 is 0 Å². The van der Waals surface area contributed by atoms with Crippen LogP contribution in [0.2, 0.25) is 0 Å².